The molecule has 1 aromatic carbocycles. The van der Waals surface area contributed by atoms with Gasteiger partial charge in [0.2, 0.25) is 0 Å². The number of rotatable bonds is 7. The lowest BCUT2D eigenvalue weighted by Gasteiger charge is -2.19. The molecule has 0 aromatic heterocycles. The Morgan fingerprint density at radius 2 is 1.57 bits per heavy atom. The molecule has 134 valence electrons. The molecule has 1 aromatic rings. The first kappa shape index (κ1) is 21.4. The fourth-order valence-electron chi connectivity index (χ4n) is 1.33. The third kappa shape index (κ3) is 9.22. The number of aliphatic hydroxyl groups is 1. The van der Waals surface area contributed by atoms with Gasteiger partial charge in [0.25, 0.3) is 0 Å². The van der Waals surface area contributed by atoms with Gasteiger partial charge in [-0.15, -0.1) is 0 Å². The molecule has 0 aliphatic carbocycles. The van der Waals surface area contributed by atoms with Crippen molar-refractivity contribution in [2.45, 2.75) is 44.7 Å². The van der Waals surface area contributed by atoms with Crippen LogP contribution in [0.2, 0.25) is 0 Å². The summed E-state index contributed by atoms with van der Waals surface area (Å²) in [6.45, 7) is 2.14. The number of phenols is 1. The Kier molecular flexibility index (Phi) is 9.55. The molecule has 0 spiro atoms. The van der Waals surface area contributed by atoms with Gasteiger partial charge in [0, 0.05) is 13.0 Å². The van der Waals surface area contributed by atoms with Crippen LogP contribution in [0, 0.1) is 0 Å². The van der Waals surface area contributed by atoms with E-state index in [-0.39, 0.29) is 12.4 Å². The predicted octanol–water partition coefficient (Wildman–Crippen LogP) is 4.53. The molecule has 1 rings (SSSR count). The van der Waals surface area contributed by atoms with Crippen LogP contribution in [0.3, 0.4) is 0 Å². The lowest BCUT2D eigenvalue weighted by atomic mass is 10.2. The second-order valence-electron chi connectivity index (χ2n) is 4.73. The Labute approximate surface area is 131 Å². The van der Waals surface area contributed by atoms with Gasteiger partial charge < -0.3 is 14.9 Å². The van der Waals surface area contributed by atoms with Crippen LogP contribution >= 0.6 is 0 Å². The highest BCUT2D eigenvalue weighted by Crippen LogP contribution is 2.38. The van der Waals surface area contributed by atoms with Gasteiger partial charge in [0.15, 0.2) is 0 Å². The Morgan fingerprint density at radius 1 is 1.00 bits per heavy atom. The van der Waals surface area contributed by atoms with Crippen LogP contribution in [-0.4, -0.2) is 35.5 Å². The quantitative estimate of drug-likeness (QED) is 0.564. The van der Waals surface area contributed by atoms with Gasteiger partial charge in [-0.05, 0) is 37.1 Å². The van der Waals surface area contributed by atoms with E-state index >= 15 is 0 Å². The normalized spacial score (nSPS) is 11.6. The zero-order chi connectivity index (χ0) is 17.9. The first-order valence-electron chi connectivity index (χ1n) is 7.11. The highest BCUT2D eigenvalue weighted by atomic mass is 19.4. The zero-order valence-corrected chi connectivity index (χ0v) is 12.7. The van der Waals surface area contributed by atoms with Gasteiger partial charge in [-0.2, -0.15) is 22.0 Å². The number of hydrogen-bond donors (Lipinski definition) is 2. The van der Waals surface area contributed by atoms with Crippen molar-refractivity contribution in [1.82, 2.24) is 0 Å². The van der Waals surface area contributed by atoms with E-state index in [2.05, 4.69) is 6.92 Å². The van der Waals surface area contributed by atoms with Crippen LogP contribution in [0.4, 0.5) is 22.0 Å². The van der Waals surface area contributed by atoms with E-state index in [1.807, 2.05) is 0 Å². The number of hydrogen-bond acceptors (Lipinski definition) is 3. The maximum Gasteiger partial charge on any atom is 0.453 e. The summed E-state index contributed by atoms with van der Waals surface area (Å²) in [5.74, 6) is -4.39. The average molecular weight is 344 g/mol. The molecule has 2 N–H and O–H groups in total. The number of ether oxygens (including phenoxy) is 1. The molecule has 3 nitrogen and oxygen atoms in total. The van der Waals surface area contributed by atoms with Crippen LogP contribution in [0.1, 0.15) is 32.6 Å². The van der Waals surface area contributed by atoms with Gasteiger partial charge in [-0.1, -0.05) is 13.3 Å². The molecule has 8 heteroatoms. The van der Waals surface area contributed by atoms with E-state index in [0.29, 0.717) is 12.4 Å². The number of halogens is 5. The summed E-state index contributed by atoms with van der Waals surface area (Å²) in [7, 11) is 0. The summed E-state index contributed by atoms with van der Waals surface area (Å²) in [4.78, 5) is 0. The minimum atomic E-state index is -5.52. The topological polar surface area (TPSA) is 49.7 Å². The van der Waals surface area contributed by atoms with Gasteiger partial charge >= 0.3 is 12.1 Å². The molecule has 0 saturated heterocycles. The Morgan fingerprint density at radius 3 is 1.96 bits per heavy atom. The van der Waals surface area contributed by atoms with Crippen molar-refractivity contribution in [1.29, 1.82) is 0 Å². The Bertz CT molecular complexity index is 416. The van der Waals surface area contributed by atoms with Crippen molar-refractivity contribution in [3.63, 3.8) is 0 Å². The van der Waals surface area contributed by atoms with Crippen molar-refractivity contribution >= 4 is 0 Å². The summed E-state index contributed by atoms with van der Waals surface area (Å²) >= 11 is 0. The molecule has 0 aliphatic heterocycles. The zero-order valence-electron chi connectivity index (χ0n) is 12.7. The summed E-state index contributed by atoms with van der Waals surface area (Å²) in [5.41, 5.74) is 0. The molecule has 0 saturated carbocycles. The summed E-state index contributed by atoms with van der Waals surface area (Å²) in [6.07, 6.45) is -5.22. The van der Waals surface area contributed by atoms with Gasteiger partial charge in [0.05, 0.1) is 6.61 Å². The lowest BCUT2D eigenvalue weighted by molar-refractivity contribution is -0.284. The smallest absolute Gasteiger partial charge is 0.453 e. The molecule has 0 atom stereocenters. The number of unbranched alkanes of at least 4 members (excludes halogenated alkanes) is 1. The van der Waals surface area contributed by atoms with E-state index in [0.717, 1.165) is 12.8 Å². The van der Waals surface area contributed by atoms with E-state index in [1.54, 1.807) is 0 Å². The predicted molar refractivity (Wildman–Crippen MR) is 75.8 cm³/mol. The largest absolute Gasteiger partial charge is 0.508 e. The van der Waals surface area contributed by atoms with E-state index in [1.165, 1.54) is 24.3 Å². The Hall–Kier alpha value is -1.57. The molecular formula is C15H21F5O3. The summed E-state index contributed by atoms with van der Waals surface area (Å²) < 4.78 is 65.4. The second-order valence-corrected chi connectivity index (χ2v) is 4.73. The summed E-state index contributed by atoms with van der Waals surface area (Å²) in [6, 6.07) is 5.41. The minimum absolute atomic E-state index is 0.00551. The van der Waals surface area contributed by atoms with Crippen LogP contribution in [0.15, 0.2) is 24.3 Å². The Balaban J connectivity index is 0.000000841. The number of phenolic OH excluding ortho intramolecular Hbond substituents is 1. The number of alkyl halides is 5. The van der Waals surface area contributed by atoms with Crippen molar-refractivity contribution in [3.05, 3.63) is 24.3 Å². The van der Waals surface area contributed by atoms with Crippen LogP contribution in [0.5, 0.6) is 11.5 Å². The monoisotopic (exact) mass is 344 g/mol. The highest BCUT2D eigenvalue weighted by molar-refractivity contribution is 5.29. The fourth-order valence-corrected chi connectivity index (χ4v) is 1.33. The average Bonchev–Trinajstić information content (AvgIpc) is 2.46. The molecule has 0 bridgehead atoms. The van der Waals surface area contributed by atoms with Crippen molar-refractivity contribution < 1.29 is 36.9 Å². The summed E-state index contributed by atoms with van der Waals surface area (Å²) in [5, 5.41) is 17.0. The van der Waals surface area contributed by atoms with Crippen LogP contribution < -0.4 is 4.74 Å². The van der Waals surface area contributed by atoms with E-state index in [4.69, 9.17) is 14.9 Å². The third-order valence-corrected chi connectivity index (χ3v) is 2.67. The third-order valence-electron chi connectivity index (χ3n) is 2.67. The molecule has 0 amide bonds. The first-order chi connectivity index (χ1) is 10.6. The van der Waals surface area contributed by atoms with E-state index < -0.39 is 24.9 Å². The minimum Gasteiger partial charge on any atom is -0.508 e. The van der Waals surface area contributed by atoms with Crippen molar-refractivity contribution in [3.8, 4) is 11.5 Å². The van der Waals surface area contributed by atoms with Crippen LogP contribution in [-0.2, 0) is 0 Å². The number of benzene rings is 1. The van der Waals surface area contributed by atoms with Crippen molar-refractivity contribution in [2.75, 3.05) is 13.2 Å². The fraction of sp³-hybridized carbons (Fsp3) is 0.600. The number of aliphatic hydroxyl groups excluding tert-OH is 1. The van der Waals surface area contributed by atoms with E-state index in [9.17, 15) is 22.0 Å². The first-order valence-corrected chi connectivity index (χ1v) is 7.11. The van der Waals surface area contributed by atoms with Crippen molar-refractivity contribution in [2.24, 2.45) is 0 Å². The molecule has 23 heavy (non-hydrogen) atoms. The maximum atomic E-state index is 12.5. The standard InChI is InChI=1S/C11H11F5O2.C4H10O/c12-10(13,11(14,15)16)6-1-7-18-9-4-2-8(17)3-5-9;1-2-3-4-5/h2-5,17H,1,6-7H2;5H,2-4H2,1H3. The lowest BCUT2D eigenvalue weighted by Crippen LogP contribution is -2.36. The van der Waals surface area contributed by atoms with Gasteiger partial charge in [-0.25, -0.2) is 0 Å². The van der Waals surface area contributed by atoms with Crippen LogP contribution in [0.25, 0.3) is 0 Å². The molecule has 0 fully saturated rings. The molecule has 0 heterocycles. The second kappa shape index (κ2) is 10.3. The maximum absolute atomic E-state index is 12.5. The molecule has 0 unspecified atom stereocenters. The highest BCUT2D eigenvalue weighted by Gasteiger charge is 2.56. The molecule has 0 radical (unpaired) electrons. The SMILES string of the molecule is CCCCO.Oc1ccc(OCCCC(F)(F)C(F)(F)F)cc1. The molecule has 0 aliphatic rings. The van der Waals surface area contributed by atoms with Gasteiger partial charge in [-0.3, -0.25) is 0 Å². The van der Waals surface area contributed by atoms with Gasteiger partial charge in [0.1, 0.15) is 11.5 Å². The molecular weight excluding hydrogens is 323 g/mol. The number of aromatic hydroxyl groups is 1.